The normalized spacial score (nSPS) is 12.2. The molecule has 2 aromatic carbocycles. The molecule has 0 aromatic heterocycles. The summed E-state index contributed by atoms with van der Waals surface area (Å²) < 4.78 is 0. The Kier molecular flexibility index (Phi) is 6.05. The van der Waals surface area contributed by atoms with Gasteiger partial charge in [0.25, 0.3) is 0 Å². The van der Waals surface area contributed by atoms with Gasteiger partial charge in [0.2, 0.25) is 5.91 Å². The predicted molar refractivity (Wildman–Crippen MR) is 106 cm³/mol. The van der Waals surface area contributed by atoms with E-state index in [4.69, 9.17) is 0 Å². The highest BCUT2D eigenvalue weighted by Crippen LogP contribution is 2.30. The van der Waals surface area contributed by atoms with Gasteiger partial charge in [-0.3, -0.25) is 4.79 Å². The Morgan fingerprint density at radius 1 is 0.840 bits per heavy atom. The topological polar surface area (TPSA) is 29.1 Å². The molecule has 2 heteroatoms. The van der Waals surface area contributed by atoms with Gasteiger partial charge in [0.15, 0.2) is 0 Å². The summed E-state index contributed by atoms with van der Waals surface area (Å²) in [5.74, 6) is 0.180. The maximum atomic E-state index is 12.8. The molecule has 0 fully saturated rings. The molecule has 0 spiro atoms. The van der Waals surface area contributed by atoms with Crippen molar-refractivity contribution in [2.75, 3.05) is 0 Å². The van der Waals surface area contributed by atoms with Crippen LogP contribution >= 0.6 is 0 Å². The Bertz CT molecular complexity index is 629. The first kappa shape index (κ1) is 19.2. The molecule has 134 valence electrons. The Morgan fingerprint density at radius 2 is 1.28 bits per heavy atom. The van der Waals surface area contributed by atoms with E-state index in [-0.39, 0.29) is 22.8 Å². The molecular weight excluding hydrogens is 306 g/mol. The van der Waals surface area contributed by atoms with Crippen molar-refractivity contribution in [3.05, 3.63) is 71.8 Å². The van der Waals surface area contributed by atoms with Crippen LogP contribution in [0.1, 0.15) is 64.5 Å². The van der Waals surface area contributed by atoms with Crippen LogP contribution < -0.4 is 5.32 Å². The average molecular weight is 338 g/mol. The van der Waals surface area contributed by atoms with E-state index in [1.165, 1.54) is 11.1 Å². The van der Waals surface area contributed by atoms with E-state index in [0.29, 0.717) is 6.42 Å². The lowest BCUT2D eigenvalue weighted by atomic mass is 9.81. The fourth-order valence-corrected chi connectivity index (χ4v) is 3.78. The van der Waals surface area contributed by atoms with Crippen LogP contribution in [0.2, 0.25) is 0 Å². The Hall–Kier alpha value is -2.09. The molecule has 0 aliphatic heterocycles. The Morgan fingerprint density at radius 3 is 1.68 bits per heavy atom. The summed E-state index contributed by atoms with van der Waals surface area (Å²) in [7, 11) is 0. The van der Waals surface area contributed by atoms with E-state index in [0.717, 1.165) is 6.42 Å². The van der Waals surface area contributed by atoms with Crippen molar-refractivity contribution in [2.24, 2.45) is 5.41 Å². The fraction of sp³-hybridized carbons (Fsp3) is 0.435. The monoisotopic (exact) mass is 337 g/mol. The molecule has 0 aliphatic carbocycles. The molecule has 25 heavy (non-hydrogen) atoms. The third-order valence-electron chi connectivity index (χ3n) is 4.24. The molecule has 0 unspecified atom stereocenters. The minimum Gasteiger partial charge on any atom is -0.351 e. The predicted octanol–water partition coefficient (Wildman–Crippen LogP) is 5.54. The molecule has 2 nitrogen and oxygen atoms in total. The summed E-state index contributed by atoms with van der Waals surface area (Å²) in [5, 5.41) is 3.24. The average Bonchev–Trinajstić information content (AvgIpc) is 2.51. The minimum atomic E-state index is -0.215. The third kappa shape index (κ3) is 6.38. The van der Waals surface area contributed by atoms with Crippen molar-refractivity contribution >= 4 is 5.91 Å². The van der Waals surface area contributed by atoms with Gasteiger partial charge in [-0.05, 0) is 36.8 Å². The van der Waals surface area contributed by atoms with Gasteiger partial charge >= 0.3 is 0 Å². The van der Waals surface area contributed by atoms with E-state index in [9.17, 15) is 4.79 Å². The van der Waals surface area contributed by atoms with Gasteiger partial charge in [0, 0.05) is 17.9 Å². The smallest absolute Gasteiger partial charge is 0.221 e. The second-order valence-electron chi connectivity index (χ2n) is 8.75. The van der Waals surface area contributed by atoms with Crippen LogP contribution in [0.5, 0.6) is 0 Å². The summed E-state index contributed by atoms with van der Waals surface area (Å²) in [6.07, 6.45) is 1.40. The van der Waals surface area contributed by atoms with Gasteiger partial charge in [0.1, 0.15) is 0 Å². The van der Waals surface area contributed by atoms with Crippen molar-refractivity contribution in [1.82, 2.24) is 5.32 Å². The van der Waals surface area contributed by atoms with Gasteiger partial charge in [0.05, 0.1) is 0 Å². The van der Waals surface area contributed by atoms with Crippen molar-refractivity contribution < 1.29 is 4.79 Å². The lowest BCUT2D eigenvalue weighted by molar-refractivity contribution is -0.123. The third-order valence-corrected chi connectivity index (χ3v) is 4.24. The quantitative estimate of drug-likeness (QED) is 0.736. The van der Waals surface area contributed by atoms with E-state index in [1.54, 1.807) is 0 Å². The summed E-state index contributed by atoms with van der Waals surface area (Å²) in [6.45, 7) is 10.8. The first-order valence-corrected chi connectivity index (χ1v) is 9.07. The number of carbonyl (C=O) groups is 1. The largest absolute Gasteiger partial charge is 0.351 e. The molecule has 0 atom stereocenters. The number of hydrogen-bond donors (Lipinski definition) is 1. The van der Waals surface area contributed by atoms with Crippen molar-refractivity contribution in [2.45, 2.75) is 58.9 Å². The molecule has 2 aromatic rings. The SMILES string of the molecule is CC(C)(C)CC(C)(C)NC(=O)CC(c1ccccc1)c1ccccc1. The van der Waals surface area contributed by atoms with Crippen LogP contribution in [0.4, 0.5) is 0 Å². The van der Waals surface area contributed by atoms with Crippen molar-refractivity contribution in [1.29, 1.82) is 0 Å². The molecular formula is C23H31NO. The van der Waals surface area contributed by atoms with Gasteiger partial charge in [-0.1, -0.05) is 81.4 Å². The van der Waals surface area contributed by atoms with Crippen LogP contribution in [-0.2, 0) is 4.79 Å². The van der Waals surface area contributed by atoms with Gasteiger partial charge in [-0.25, -0.2) is 0 Å². The summed E-state index contributed by atoms with van der Waals surface area (Å²) in [4.78, 5) is 12.8. The lowest BCUT2D eigenvalue weighted by Crippen LogP contribution is -2.46. The summed E-state index contributed by atoms with van der Waals surface area (Å²) >= 11 is 0. The molecule has 0 saturated carbocycles. The highest BCUT2D eigenvalue weighted by molar-refractivity contribution is 5.78. The molecule has 0 aliphatic rings. The number of benzene rings is 2. The number of carbonyl (C=O) groups excluding carboxylic acids is 1. The minimum absolute atomic E-state index is 0.0767. The Balaban J connectivity index is 2.16. The standard InChI is InChI=1S/C23H31NO/c1-22(2,3)17-23(4,5)24-21(25)16-20(18-12-8-6-9-13-18)19-14-10-7-11-15-19/h6-15,20H,16-17H2,1-5H3,(H,24,25). The molecule has 1 N–H and O–H groups in total. The zero-order chi connectivity index (χ0) is 18.5. The van der Waals surface area contributed by atoms with Crippen LogP contribution in [-0.4, -0.2) is 11.4 Å². The maximum absolute atomic E-state index is 12.8. The molecule has 1 amide bonds. The first-order chi connectivity index (χ1) is 11.7. The number of rotatable bonds is 6. The van der Waals surface area contributed by atoms with Crippen LogP contribution in [0.15, 0.2) is 60.7 Å². The fourth-order valence-electron chi connectivity index (χ4n) is 3.78. The first-order valence-electron chi connectivity index (χ1n) is 9.07. The van der Waals surface area contributed by atoms with E-state index in [2.05, 4.69) is 64.2 Å². The summed E-state index contributed by atoms with van der Waals surface area (Å²) in [6, 6.07) is 20.6. The number of nitrogens with one attached hydrogen (secondary N) is 1. The van der Waals surface area contributed by atoms with Crippen LogP contribution in [0.3, 0.4) is 0 Å². The van der Waals surface area contributed by atoms with E-state index < -0.39 is 0 Å². The highest BCUT2D eigenvalue weighted by Gasteiger charge is 2.28. The second-order valence-corrected chi connectivity index (χ2v) is 8.75. The zero-order valence-electron chi connectivity index (χ0n) is 16.2. The Labute approximate surface area is 152 Å². The molecule has 0 bridgehead atoms. The van der Waals surface area contributed by atoms with Crippen LogP contribution in [0.25, 0.3) is 0 Å². The maximum Gasteiger partial charge on any atom is 0.221 e. The van der Waals surface area contributed by atoms with Gasteiger partial charge in [-0.15, -0.1) is 0 Å². The molecule has 2 rings (SSSR count). The molecule has 0 radical (unpaired) electrons. The van der Waals surface area contributed by atoms with E-state index in [1.807, 2.05) is 36.4 Å². The van der Waals surface area contributed by atoms with E-state index >= 15 is 0 Å². The van der Waals surface area contributed by atoms with Crippen LogP contribution in [0, 0.1) is 5.41 Å². The van der Waals surface area contributed by atoms with Gasteiger partial charge in [-0.2, -0.15) is 0 Å². The highest BCUT2D eigenvalue weighted by atomic mass is 16.1. The second kappa shape index (κ2) is 7.86. The molecule has 0 saturated heterocycles. The van der Waals surface area contributed by atoms with Crippen molar-refractivity contribution in [3.63, 3.8) is 0 Å². The molecule has 0 heterocycles. The zero-order valence-corrected chi connectivity index (χ0v) is 16.2. The number of hydrogen-bond acceptors (Lipinski definition) is 1. The number of amides is 1. The van der Waals surface area contributed by atoms with Crippen molar-refractivity contribution in [3.8, 4) is 0 Å². The lowest BCUT2D eigenvalue weighted by Gasteiger charge is -2.34. The summed E-state index contributed by atoms with van der Waals surface area (Å²) in [5.41, 5.74) is 2.32. The van der Waals surface area contributed by atoms with Gasteiger partial charge < -0.3 is 5.32 Å².